The van der Waals surface area contributed by atoms with Crippen LogP contribution in [0.4, 0.5) is 0 Å². The Labute approximate surface area is 104 Å². The molecule has 3 aliphatic rings. The lowest BCUT2D eigenvalue weighted by Gasteiger charge is -2.38. The lowest BCUT2D eigenvalue weighted by Crippen LogP contribution is -2.57. The Balaban J connectivity index is 1.67. The molecule has 1 heterocycles. The van der Waals surface area contributed by atoms with Crippen LogP contribution >= 0.6 is 0 Å². The zero-order valence-electron chi connectivity index (χ0n) is 11.0. The molecule has 0 aromatic heterocycles. The van der Waals surface area contributed by atoms with Crippen molar-refractivity contribution in [1.82, 2.24) is 10.2 Å². The van der Waals surface area contributed by atoms with E-state index in [4.69, 9.17) is 0 Å². The first-order valence-electron chi connectivity index (χ1n) is 7.20. The van der Waals surface area contributed by atoms with Gasteiger partial charge in [-0.25, -0.2) is 0 Å². The Morgan fingerprint density at radius 2 is 1.53 bits per heavy atom. The van der Waals surface area contributed by atoms with Gasteiger partial charge in [0, 0.05) is 31.1 Å². The van der Waals surface area contributed by atoms with Gasteiger partial charge in [-0.3, -0.25) is 4.79 Å². The van der Waals surface area contributed by atoms with Gasteiger partial charge in [0.05, 0.1) is 0 Å². The minimum absolute atomic E-state index is 0.382. The maximum absolute atomic E-state index is 12.7. The molecule has 2 unspecified atom stereocenters. The summed E-state index contributed by atoms with van der Waals surface area (Å²) in [6.45, 7) is 6.16. The van der Waals surface area contributed by atoms with Crippen molar-refractivity contribution in [3.05, 3.63) is 0 Å². The van der Waals surface area contributed by atoms with Gasteiger partial charge < -0.3 is 10.2 Å². The molecule has 2 atom stereocenters. The lowest BCUT2D eigenvalue weighted by atomic mass is 9.95. The van der Waals surface area contributed by atoms with Crippen molar-refractivity contribution in [3.63, 3.8) is 0 Å². The summed E-state index contributed by atoms with van der Waals surface area (Å²) in [4.78, 5) is 14.8. The average molecular weight is 236 g/mol. The molecule has 2 saturated carbocycles. The third-order valence-electron chi connectivity index (χ3n) is 4.41. The summed E-state index contributed by atoms with van der Waals surface area (Å²) in [7, 11) is 0. The molecular weight excluding hydrogens is 212 g/mol. The normalized spacial score (nSPS) is 34.2. The Kier molecular flexibility index (Phi) is 2.89. The van der Waals surface area contributed by atoms with Gasteiger partial charge in [0.1, 0.15) is 0 Å². The maximum Gasteiger partial charge on any atom is 0.226 e. The average Bonchev–Trinajstić information content (AvgIpc) is 3.11. The fraction of sp³-hybridized carbons (Fsp3) is 0.929. The van der Waals surface area contributed by atoms with Crippen molar-refractivity contribution in [3.8, 4) is 0 Å². The zero-order chi connectivity index (χ0) is 12.0. The first-order valence-corrected chi connectivity index (χ1v) is 7.20. The van der Waals surface area contributed by atoms with E-state index in [1.165, 1.54) is 25.7 Å². The van der Waals surface area contributed by atoms with Gasteiger partial charge in [0.25, 0.3) is 0 Å². The van der Waals surface area contributed by atoms with E-state index in [1.807, 2.05) is 0 Å². The molecule has 0 bridgehead atoms. The Hall–Kier alpha value is -0.570. The highest BCUT2D eigenvalue weighted by Gasteiger charge is 2.47. The van der Waals surface area contributed by atoms with E-state index in [0.717, 1.165) is 24.9 Å². The Morgan fingerprint density at radius 3 is 1.94 bits per heavy atom. The molecule has 2 aliphatic carbocycles. The van der Waals surface area contributed by atoms with Crippen LogP contribution in [0.3, 0.4) is 0 Å². The van der Waals surface area contributed by atoms with E-state index in [9.17, 15) is 4.79 Å². The quantitative estimate of drug-likeness (QED) is 0.808. The van der Waals surface area contributed by atoms with Crippen molar-refractivity contribution >= 4 is 5.91 Å². The number of nitrogens with zero attached hydrogens (tertiary/aromatic N) is 1. The van der Waals surface area contributed by atoms with Crippen molar-refractivity contribution in [2.75, 3.05) is 13.1 Å². The fourth-order valence-corrected chi connectivity index (χ4v) is 3.42. The number of amides is 1. The van der Waals surface area contributed by atoms with Gasteiger partial charge >= 0.3 is 0 Å². The lowest BCUT2D eigenvalue weighted by molar-refractivity contribution is -0.138. The molecule has 0 radical (unpaired) electrons. The highest BCUT2D eigenvalue weighted by atomic mass is 16.2. The van der Waals surface area contributed by atoms with Crippen LogP contribution in [0.15, 0.2) is 0 Å². The second-order valence-corrected chi connectivity index (χ2v) is 6.41. The van der Waals surface area contributed by atoms with Crippen LogP contribution < -0.4 is 5.32 Å². The molecule has 1 N–H and O–H groups in total. The molecule has 17 heavy (non-hydrogen) atoms. The topological polar surface area (TPSA) is 32.3 Å². The molecule has 96 valence electrons. The van der Waals surface area contributed by atoms with Crippen molar-refractivity contribution in [2.24, 2.45) is 17.8 Å². The molecule has 3 heteroatoms. The van der Waals surface area contributed by atoms with Gasteiger partial charge in [0.15, 0.2) is 0 Å². The zero-order valence-corrected chi connectivity index (χ0v) is 11.0. The molecule has 1 aliphatic heterocycles. The molecule has 3 nitrogen and oxygen atoms in total. The number of nitrogens with one attached hydrogen (secondary N) is 1. The second kappa shape index (κ2) is 4.27. The Bertz CT molecular complexity index is 287. The molecule has 0 spiro atoms. The predicted octanol–water partition coefficient (Wildman–Crippen LogP) is 1.63. The largest absolute Gasteiger partial charge is 0.339 e. The van der Waals surface area contributed by atoms with Gasteiger partial charge in [0.2, 0.25) is 5.91 Å². The summed E-state index contributed by atoms with van der Waals surface area (Å²) in [5.41, 5.74) is 0. The number of hydrogen-bond acceptors (Lipinski definition) is 2. The summed E-state index contributed by atoms with van der Waals surface area (Å²) in [5.74, 6) is 2.31. The van der Waals surface area contributed by atoms with Crippen LogP contribution in [-0.2, 0) is 4.79 Å². The van der Waals surface area contributed by atoms with Gasteiger partial charge in [-0.15, -0.1) is 0 Å². The second-order valence-electron chi connectivity index (χ2n) is 6.41. The van der Waals surface area contributed by atoms with Gasteiger partial charge in [-0.1, -0.05) is 0 Å². The third-order valence-corrected chi connectivity index (χ3v) is 4.41. The summed E-state index contributed by atoms with van der Waals surface area (Å²) in [6, 6.07) is 0.892. The number of rotatable bonds is 3. The summed E-state index contributed by atoms with van der Waals surface area (Å²) in [6.07, 6.45) is 5.18. The van der Waals surface area contributed by atoms with Crippen molar-refractivity contribution in [1.29, 1.82) is 0 Å². The highest BCUT2D eigenvalue weighted by Crippen LogP contribution is 2.50. The SMILES string of the molecule is CC1CN(C(=O)C(C2CC2)C2CC2)CC(C)N1. The summed E-state index contributed by atoms with van der Waals surface area (Å²) >= 11 is 0. The van der Waals surface area contributed by atoms with E-state index in [1.54, 1.807) is 0 Å². The van der Waals surface area contributed by atoms with E-state index in [0.29, 0.717) is 23.9 Å². The number of hydrogen-bond donors (Lipinski definition) is 1. The molecule has 0 aromatic carbocycles. The first kappa shape index (κ1) is 11.5. The highest BCUT2D eigenvalue weighted by molar-refractivity contribution is 5.80. The minimum Gasteiger partial charge on any atom is -0.339 e. The van der Waals surface area contributed by atoms with Crippen molar-refractivity contribution in [2.45, 2.75) is 51.6 Å². The van der Waals surface area contributed by atoms with E-state index >= 15 is 0 Å². The number of carbonyl (C=O) groups is 1. The van der Waals surface area contributed by atoms with Crippen LogP contribution in [0.5, 0.6) is 0 Å². The molecule has 3 rings (SSSR count). The number of carbonyl (C=O) groups excluding carboxylic acids is 1. The first-order chi connectivity index (χ1) is 8.15. The Morgan fingerprint density at radius 1 is 1.06 bits per heavy atom. The van der Waals surface area contributed by atoms with Crippen LogP contribution in [0.2, 0.25) is 0 Å². The standard InChI is InChI=1S/C14H24N2O/c1-9-7-16(8-10(2)15-9)14(17)13(11-3-4-11)12-5-6-12/h9-13,15H,3-8H2,1-2H3. The predicted molar refractivity (Wildman–Crippen MR) is 67.6 cm³/mol. The van der Waals surface area contributed by atoms with Crippen LogP contribution in [0, 0.1) is 17.8 Å². The van der Waals surface area contributed by atoms with E-state index < -0.39 is 0 Å². The van der Waals surface area contributed by atoms with Crippen LogP contribution in [0.25, 0.3) is 0 Å². The smallest absolute Gasteiger partial charge is 0.226 e. The monoisotopic (exact) mass is 236 g/mol. The van der Waals surface area contributed by atoms with E-state index in [-0.39, 0.29) is 0 Å². The van der Waals surface area contributed by atoms with Crippen LogP contribution in [-0.4, -0.2) is 36.0 Å². The molecule has 0 aromatic rings. The molecular formula is C14H24N2O. The maximum atomic E-state index is 12.7. The molecule has 3 fully saturated rings. The summed E-state index contributed by atoms with van der Waals surface area (Å²) < 4.78 is 0. The fourth-order valence-electron chi connectivity index (χ4n) is 3.42. The molecule has 1 saturated heterocycles. The van der Waals surface area contributed by atoms with Gasteiger partial charge in [-0.05, 0) is 51.4 Å². The summed E-state index contributed by atoms with van der Waals surface area (Å²) in [5, 5.41) is 3.50. The minimum atomic E-state index is 0.382. The third kappa shape index (κ3) is 2.49. The van der Waals surface area contributed by atoms with Crippen molar-refractivity contribution < 1.29 is 4.79 Å². The number of piperazine rings is 1. The van der Waals surface area contributed by atoms with Crippen LogP contribution in [0.1, 0.15) is 39.5 Å². The van der Waals surface area contributed by atoms with E-state index in [2.05, 4.69) is 24.1 Å². The van der Waals surface area contributed by atoms with Gasteiger partial charge in [-0.2, -0.15) is 0 Å². The molecule has 1 amide bonds.